The van der Waals surface area contributed by atoms with Crippen LogP contribution < -0.4 is 10.6 Å². The molecule has 0 aliphatic carbocycles. The molecule has 0 unspecified atom stereocenters. The number of nitrogens with one attached hydrogen (secondary N) is 2. The zero-order valence-corrected chi connectivity index (χ0v) is 14.0. The van der Waals surface area contributed by atoms with E-state index < -0.39 is 0 Å². The van der Waals surface area contributed by atoms with E-state index in [-0.39, 0.29) is 24.2 Å². The van der Waals surface area contributed by atoms with Crippen molar-refractivity contribution >= 4 is 24.2 Å². The fraction of sp³-hybridized carbons (Fsp3) is 0.529. The highest BCUT2D eigenvalue weighted by Crippen LogP contribution is 2.26. The summed E-state index contributed by atoms with van der Waals surface area (Å²) in [5.41, 5.74) is 0.661. The molecule has 0 bridgehead atoms. The first-order valence-corrected chi connectivity index (χ1v) is 8.06. The van der Waals surface area contributed by atoms with Gasteiger partial charge >= 0.3 is 0 Å². The number of carbonyl (C=O) groups is 2. The van der Waals surface area contributed by atoms with Gasteiger partial charge in [0.1, 0.15) is 0 Å². The van der Waals surface area contributed by atoms with Crippen molar-refractivity contribution in [2.45, 2.75) is 12.8 Å². The number of rotatable bonds is 5. The molecule has 2 N–H and O–H groups in total. The van der Waals surface area contributed by atoms with Gasteiger partial charge in [0, 0.05) is 44.7 Å². The Bertz CT molecular complexity index is 526. The second kappa shape index (κ2) is 8.31. The Balaban J connectivity index is 0.00000192. The largest absolute Gasteiger partial charge is 0.352 e. The normalized spacial score (nSPS) is 22.3. The summed E-state index contributed by atoms with van der Waals surface area (Å²) in [4.78, 5) is 26.0. The highest BCUT2D eigenvalue weighted by atomic mass is 35.5. The molecular weight excluding hydrogens is 314 g/mol. The summed E-state index contributed by atoms with van der Waals surface area (Å²) in [6, 6.07) is 9.15. The topological polar surface area (TPSA) is 61.4 Å². The van der Waals surface area contributed by atoms with E-state index in [0.717, 1.165) is 26.2 Å². The number of nitrogens with zero attached hydrogens (tertiary/aromatic N) is 1. The molecular formula is C17H24ClN3O2. The maximum absolute atomic E-state index is 12.2. The molecule has 2 saturated heterocycles. The number of benzene rings is 1. The molecule has 2 fully saturated rings. The third-order valence-corrected chi connectivity index (χ3v) is 4.63. The summed E-state index contributed by atoms with van der Waals surface area (Å²) in [5, 5.41) is 6.24. The lowest BCUT2D eigenvalue weighted by atomic mass is 10.0. The average molecular weight is 338 g/mol. The number of fused-ring (bicyclic) bond motifs is 1. The minimum absolute atomic E-state index is 0. The van der Waals surface area contributed by atoms with E-state index >= 15 is 0 Å². The maximum Gasteiger partial charge on any atom is 0.251 e. The predicted molar refractivity (Wildman–Crippen MR) is 91.7 cm³/mol. The van der Waals surface area contributed by atoms with Crippen molar-refractivity contribution < 1.29 is 9.59 Å². The van der Waals surface area contributed by atoms with Gasteiger partial charge in [-0.1, -0.05) is 18.2 Å². The molecule has 5 nitrogen and oxygen atoms in total. The van der Waals surface area contributed by atoms with Crippen LogP contribution in [0.2, 0.25) is 0 Å². The van der Waals surface area contributed by atoms with Gasteiger partial charge in [0.15, 0.2) is 0 Å². The quantitative estimate of drug-likeness (QED) is 0.796. The molecule has 1 aromatic carbocycles. The standard InChI is InChI=1S/C17H23N3O2.ClH/c21-16(20-11-14-9-18-10-15(14)12-20)7-4-8-19-17(22)13-5-2-1-3-6-13;/h1-3,5-6,14-15,18H,4,7-12H2,(H,19,22);1H/t14-,15+;. The molecule has 0 spiro atoms. The summed E-state index contributed by atoms with van der Waals surface area (Å²) in [5.74, 6) is 1.43. The molecule has 2 atom stereocenters. The summed E-state index contributed by atoms with van der Waals surface area (Å²) in [6.45, 7) is 4.42. The lowest BCUT2D eigenvalue weighted by molar-refractivity contribution is -0.130. The second-order valence-corrected chi connectivity index (χ2v) is 6.20. The third kappa shape index (κ3) is 4.45. The minimum atomic E-state index is -0.0742. The first kappa shape index (κ1) is 17.8. The maximum atomic E-state index is 12.2. The van der Waals surface area contributed by atoms with Gasteiger partial charge in [0.25, 0.3) is 5.91 Å². The zero-order valence-electron chi connectivity index (χ0n) is 13.2. The number of hydrogen-bond donors (Lipinski definition) is 2. The SMILES string of the molecule is Cl.O=C(NCCCC(=O)N1C[C@H]2CNC[C@H]2C1)c1ccccc1. The Morgan fingerprint density at radius 3 is 2.43 bits per heavy atom. The van der Waals surface area contributed by atoms with Gasteiger partial charge in [-0.2, -0.15) is 0 Å². The Labute approximate surface area is 143 Å². The zero-order chi connectivity index (χ0) is 15.4. The number of amides is 2. The molecule has 126 valence electrons. The van der Waals surface area contributed by atoms with Crippen molar-refractivity contribution in [2.24, 2.45) is 11.8 Å². The lowest BCUT2D eigenvalue weighted by Crippen LogP contribution is -2.32. The van der Waals surface area contributed by atoms with Crippen LogP contribution in [0.15, 0.2) is 30.3 Å². The molecule has 0 saturated carbocycles. The van der Waals surface area contributed by atoms with Crippen LogP contribution in [0.25, 0.3) is 0 Å². The van der Waals surface area contributed by atoms with Crippen LogP contribution in [0.1, 0.15) is 23.2 Å². The van der Waals surface area contributed by atoms with Crippen molar-refractivity contribution in [3.63, 3.8) is 0 Å². The van der Waals surface area contributed by atoms with Crippen LogP contribution in [0, 0.1) is 11.8 Å². The van der Waals surface area contributed by atoms with Crippen LogP contribution in [-0.4, -0.2) is 49.4 Å². The molecule has 0 radical (unpaired) electrons. The van der Waals surface area contributed by atoms with Gasteiger partial charge in [0.2, 0.25) is 5.91 Å². The summed E-state index contributed by atoms with van der Waals surface area (Å²) >= 11 is 0. The van der Waals surface area contributed by atoms with E-state index in [4.69, 9.17) is 0 Å². The fourth-order valence-electron chi connectivity index (χ4n) is 3.35. The monoisotopic (exact) mass is 337 g/mol. The lowest BCUT2D eigenvalue weighted by Gasteiger charge is -2.17. The molecule has 0 aromatic heterocycles. The molecule has 2 amide bonds. The van der Waals surface area contributed by atoms with Crippen molar-refractivity contribution in [1.82, 2.24) is 15.5 Å². The first-order valence-electron chi connectivity index (χ1n) is 8.06. The Hall–Kier alpha value is -1.59. The van der Waals surface area contributed by atoms with Crippen LogP contribution in [0.4, 0.5) is 0 Å². The van der Waals surface area contributed by atoms with E-state index in [1.54, 1.807) is 12.1 Å². The van der Waals surface area contributed by atoms with E-state index in [2.05, 4.69) is 10.6 Å². The molecule has 2 aliphatic heterocycles. The van der Waals surface area contributed by atoms with E-state index in [1.807, 2.05) is 23.1 Å². The highest BCUT2D eigenvalue weighted by molar-refractivity contribution is 5.94. The molecule has 3 rings (SSSR count). The van der Waals surface area contributed by atoms with Gasteiger partial charge in [-0.25, -0.2) is 0 Å². The summed E-state index contributed by atoms with van der Waals surface area (Å²) < 4.78 is 0. The second-order valence-electron chi connectivity index (χ2n) is 6.20. The Morgan fingerprint density at radius 1 is 1.13 bits per heavy atom. The Morgan fingerprint density at radius 2 is 1.78 bits per heavy atom. The van der Waals surface area contributed by atoms with Crippen molar-refractivity contribution in [3.05, 3.63) is 35.9 Å². The van der Waals surface area contributed by atoms with Gasteiger partial charge in [-0.05, 0) is 30.4 Å². The number of likely N-dealkylation sites (tertiary alicyclic amines) is 1. The van der Waals surface area contributed by atoms with E-state index in [9.17, 15) is 9.59 Å². The Kier molecular flexibility index (Phi) is 6.42. The van der Waals surface area contributed by atoms with Crippen molar-refractivity contribution in [2.75, 3.05) is 32.7 Å². The van der Waals surface area contributed by atoms with Crippen LogP contribution in [0.3, 0.4) is 0 Å². The molecule has 6 heteroatoms. The third-order valence-electron chi connectivity index (χ3n) is 4.63. The fourth-order valence-corrected chi connectivity index (χ4v) is 3.35. The number of hydrogen-bond acceptors (Lipinski definition) is 3. The molecule has 1 aromatic rings. The first-order chi connectivity index (χ1) is 10.7. The van der Waals surface area contributed by atoms with Crippen LogP contribution in [-0.2, 0) is 4.79 Å². The van der Waals surface area contributed by atoms with Gasteiger partial charge in [-0.15, -0.1) is 12.4 Å². The summed E-state index contributed by atoms with van der Waals surface area (Å²) in [6.07, 6.45) is 1.21. The van der Waals surface area contributed by atoms with Gasteiger partial charge < -0.3 is 15.5 Å². The van der Waals surface area contributed by atoms with Crippen LogP contribution in [0.5, 0.6) is 0 Å². The average Bonchev–Trinajstić information content (AvgIpc) is 3.13. The number of halogens is 1. The molecule has 23 heavy (non-hydrogen) atoms. The number of carbonyl (C=O) groups excluding carboxylic acids is 2. The molecule has 2 heterocycles. The van der Waals surface area contributed by atoms with Crippen LogP contribution >= 0.6 is 12.4 Å². The van der Waals surface area contributed by atoms with E-state index in [1.165, 1.54) is 0 Å². The molecule has 2 aliphatic rings. The minimum Gasteiger partial charge on any atom is -0.352 e. The smallest absolute Gasteiger partial charge is 0.251 e. The predicted octanol–water partition coefficient (Wildman–Crippen LogP) is 1.30. The van der Waals surface area contributed by atoms with Gasteiger partial charge in [-0.3, -0.25) is 9.59 Å². The van der Waals surface area contributed by atoms with Crippen molar-refractivity contribution in [1.29, 1.82) is 0 Å². The highest BCUT2D eigenvalue weighted by Gasteiger charge is 2.37. The van der Waals surface area contributed by atoms with E-state index in [0.29, 0.717) is 36.8 Å². The van der Waals surface area contributed by atoms with Crippen molar-refractivity contribution in [3.8, 4) is 0 Å². The van der Waals surface area contributed by atoms with Gasteiger partial charge in [0.05, 0.1) is 0 Å². The summed E-state index contributed by atoms with van der Waals surface area (Å²) in [7, 11) is 0.